The van der Waals surface area contributed by atoms with Crippen LogP contribution in [0.15, 0.2) is 12.3 Å². The number of hydrogen-bond donors (Lipinski definition) is 1. The summed E-state index contributed by atoms with van der Waals surface area (Å²) in [6.07, 6.45) is 1.23. The molecule has 0 aromatic carbocycles. The molecule has 1 fully saturated rings. The molecule has 0 radical (unpaired) electrons. The number of cyclic esters (lactones) is 1. The minimum absolute atomic E-state index is 0.256. The van der Waals surface area contributed by atoms with E-state index >= 15 is 0 Å². The number of ether oxygens (including phenoxy) is 2. The third-order valence-electron chi connectivity index (χ3n) is 3.17. The molecular weight excluding hydrogens is 329 g/mol. The van der Waals surface area contributed by atoms with Gasteiger partial charge in [0, 0.05) is 24.8 Å². The Morgan fingerprint density at radius 1 is 1.50 bits per heavy atom. The molecule has 1 N–H and O–H groups in total. The molecule has 1 aromatic heterocycles. The second-order valence-electron chi connectivity index (χ2n) is 5.64. The van der Waals surface area contributed by atoms with Crippen LogP contribution in [0.5, 0.6) is 5.88 Å². The fourth-order valence-electron chi connectivity index (χ4n) is 1.97. The first-order valence-corrected chi connectivity index (χ1v) is 7.73. The highest BCUT2D eigenvalue weighted by molar-refractivity contribution is 6.35. The van der Waals surface area contributed by atoms with Crippen molar-refractivity contribution in [2.24, 2.45) is 0 Å². The zero-order valence-corrected chi connectivity index (χ0v) is 14.1. The SMILES string of the molecule is CC(C)(COc1ncc(Cl)cc1Cl)NCCN1CCOC1=O. The van der Waals surface area contributed by atoms with Gasteiger partial charge in [-0.1, -0.05) is 23.2 Å². The van der Waals surface area contributed by atoms with Gasteiger partial charge in [0.15, 0.2) is 0 Å². The maximum absolute atomic E-state index is 11.3. The normalized spacial score (nSPS) is 15.1. The van der Waals surface area contributed by atoms with Crippen molar-refractivity contribution in [3.8, 4) is 5.88 Å². The molecule has 1 aromatic rings. The van der Waals surface area contributed by atoms with E-state index in [0.717, 1.165) is 0 Å². The summed E-state index contributed by atoms with van der Waals surface area (Å²) in [7, 11) is 0. The van der Waals surface area contributed by atoms with E-state index in [1.54, 1.807) is 11.0 Å². The summed E-state index contributed by atoms with van der Waals surface area (Å²) in [5, 5.41) is 4.18. The molecule has 0 aliphatic carbocycles. The predicted octanol–water partition coefficient (Wildman–Crippen LogP) is 2.59. The standard InChI is InChI=1S/C14H19Cl2N3O3/c1-14(2,18-3-4-19-5-6-21-13(19)20)9-22-12-11(16)7-10(15)8-17-12/h7-8,18H,3-6,9H2,1-2H3. The lowest BCUT2D eigenvalue weighted by atomic mass is 10.1. The van der Waals surface area contributed by atoms with Crippen molar-refractivity contribution in [3.05, 3.63) is 22.3 Å². The molecule has 0 saturated carbocycles. The molecule has 0 atom stereocenters. The Balaban J connectivity index is 1.76. The summed E-state index contributed by atoms with van der Waals surface area (Å²) in [6, 6.07) is 1.59. The summed E-state index contributed by atoms with van der Waals surface area (Å²) in [4.78, 5) is 17.0. The molecule has 122 valence electrons. The smallest absolute Gasteiger partial charge is 0.409 e. The van der Waals surface area contributed by atoms with Crippen molar-refractivity contribution >= 4 is 29.3 Å². The first-order valence-electron chi connectivity index (χ1n) is 6.98. The number of rotatable bonds is 7. The molecule has 1 saturated heterocycles. The average Bonchev–Trinajstić information content (AvgIpc) is 2.83. The number of aromatic nitrogens is 1. The van der Waals surface area contributed by atoms with Crippen molar-refractivity contribution in [2.45, 2.75) is 19.4 Å². The van der Waals surface area contributed by atoms with Crippen LogP contribution in [0, 0.1) is 0 Å². The van der Waals surface area contributed by atoms with Gasteiger partial charge in [0.05, 0.1) is 11.6 Å². The van der Waals surface area contributed by atoms with Gasteiger partial charge in [0.2, 0.25) is 5.88 Å². The highest BCUT2D eigenvalue weighted by atomic mass is 35.5. The summed E-state index contributed by atoms with van der Waals surface area (Å²) < 4.78 is 10.5. The van der Waals surface area contributed by atoms with E-state index < -0.39 is 0 Å². The van der Waals surface area contributed by atoms with Crippen molar-refractivity contribution < 1.29 is 14.3 Å². The van der Waals surface area contributed by atoms with E-state index in [1.807, 2.05) is 13.8 Å². The van der Waals surface area contributed by atoms with Gasteiger partial charge in [-0.15, -0.1) is 0 Å². The number of pyridine rings is 1. The van der Waals surface area contributed by atoms with Crippen LogP contribution in [0.4, 0.5) is 4.79 Å². The van der Waals surface area contributed by atoms with Crippen LogP contribution in [-0.4, -0.2) is 54.4 Å². The van der Waals surface area contributed by atoms with E-state index in [9.17, 15) is 4.79 Å². The third kappa shape index (κ3) is 4.90. The molecular formula is C14H19Cl2N3O3. The van der Waals surface area contributed by atoms with Gasteiger partial charge in [-0.05, 0) is 19.9 Å². The molecule has 1 aliphatic rings. The Kier molecular flexibility index (Phi) is 5.72. The quantitative estimate of drug-likeness (QED) is 0.821. The van der Waals surface area contributed by atoms with E-state index in [0.29, 0.717) is 48.8 Å². The highest BCUT2D eigenvalue weighted by Gasteiger charge is 2.23. The van der Waals surface area contributed by atoms with E-state index in [4.69, 9.17) is 32.7 Å². The highest BCUT2D eigenvalue weighted by Crippen LogP contribution is 2.25. The summed E-state index contributed by atoms with van der Waals surface area (Å²) in [5.74, 6) is 0.351. The van der Waals surface area contributed by atoms with Gasteiger partial charge < -0.3 is 19.7 Å². The molecule has 6 nitrogen and oxygen atoms in total. The van der Waals surface area contributed by atoms with Crippen molar-refractivity contribution in [1.29, 1.82) is 0 Å². The average molecular weight is 348 g/mol. The number of carbonyl (C=O) groups excluding carboxylic acids is 1. The Labute approximate surface area is 139 Å². The molecule has 1 aliphatic heterocycles. The van der Waals surface area contributed by atoms with E-state index in [2.05, 4.69) is 10.3 Å². The maximum Gasteiger partial charge on any atom is 0.409 e. The molecule has 2 heterocycles. The topological polar surface area (TPSA) is 63.7 Å². The molecule has 0 bridgehead atoms. The van der Waals surface area contributed by atoms with Crippen LogP contribution in [0.2, 0.25) is 10.0 Å². The minimum atomic E-state index is -0.297. The van der Waals surface area contributed by atoms with E-state index in [-0.39, 0.29) is 11.6 Å². The predicted molar refractivity (Wildman–Crippen MR) is 84.8 cm³/mol. The van der Waals surface area contributed by atoms with Crippen LogP contribution in [0.3, 0.4) is 0 Å². The molecule has 1 amide bonds. The van der Waals surface area contributed by atoms with Gasteiger partial charge in [-0.3, -0.25) is 0 Å². The Bertz CT molecular complexity index is 540. The fraction of sp³-hybridized carbons (Fsp3) is 0.571. The number of nitrogens with one attached hydrogen (secondary N) is 1. The molecule has 22 heavy (non-hydrogen) atoms. The van der Waals surface area contributed by atoms with Gasteiger partial charge in [-0.2, -0.15) is 0 Å². The molecule has 8 heteroatoms. The Morgan fingerprint density at radius 2 is 2.27 bits per heavy atom. The van der Waals surface area contributed by atoms with E-state index in [1.165, 1.54) is 6.20 Å². The maximum atomic E-state index is 11.3. The first-order chi connectivity index (χ1) is 10.4. The lowest BCUT2D eigenvalue weighted by Gasteiger charge is -2.27. The zero-order chi connectivity index (χ0) is 16.2. The number of nitrogens with zero attached hydrogens (tertiary/aromatic N) is 2. The second kappa shape index (κ2) is 7.35. The number of hydrogen-bond acceptors (Lipinski definition) is 5. The van der Waals surface area contributed by atoms with Crippen LogP contribution in [0.1, 0.15) is 13.8 Å². The van der Waals surface area contributed by atoms with Gasteiger partial charge in [-0.25, -0.2) is 9.78 Å². The summed E-state index contributed by atoms with van der Waals surface area (Å²) in [6.45, 7) is 6.73. The number of carbonyl (C=O) groups is 1. The van der Waals surface area contributed by atoms with Crippen LogP contribution >= 0.6 is 23.2 Å². The minimum Gasteiger partial charge on any atom is -0.475 e. The summed E-state index contributed by atoms with van der Waals surface area (Å²) >= 11 is 11.8. The van der Waals surface area contributed by atoms with Gasteiger partial charge in [0.1, 0.15) is 18.2 Å². The number of halogens is 2. The molecule has 0 unspecified atom stereocenters. The Hall–Kier alpha value is -1.24. The van der Waals surface area contributed by atoms with Crippen molar-refractivity contribution in [1.82, 2.24) is 15.2 Å². The monoisotopic (exact) mass is 347 g/mol. The van der Waals surface area contributed by atoms with Gasteiger partial charge in [0.25, 0.3) is 0 Å². The lowest BCUT2D eigenvalue weighted by molar-refractivity contribution is 0.156. The van der Waals surface area contributed by atoms with Crippen molar-refractivity contribution in [2.75, 3.05) is 32.8 Å². The lowest BCUT2D eigenvalue weighted by Crippen LogP contribution is -2.47. The summed E-state index contributed by atoms with van der Waals surface area (Å²) in [5.41, 5.74) is -0.297. The fourth-order valence-corrected chi connectivity index (χ4v) is 2.40. The number of amides is 1. The first kappa shape index (κ1) is 17.1. The van der Waals surface area contributed by atoms with Crippen LogP contribution < -0.4 is 10.1 Å². The second-order valence-corrected chi connectivity index (χ2v) is 6.48. The van der Waals surface area contributed by atoms with Crippen molar-refractivity contribution in [3.63, 3.8) is 0 Å². The van der Waals surface area contributed by atoms with Crippen LogP contribution in [0.25, 0.3) is 0 Å². The third-order valence-corrected chi connectivity index (χ3v) is 3.65. The largest absolute Gasteiger partial charge is 0.475 e. The molecule has 0 spiro atoms. The van der Waals surface area contributed by atoms with Gasteiger partial charge >= 0.3 is 6.09 Å². The van der Waals surface area contributed by atoms with Crippen LogP contribution in [-0.2, 0) is 4.74 Å². The Morgan fingerprint density at radius 3 is 2.91 bits per heavy atom. The zero-order valence-electron chi connectivity index (χ0n) is 12.6. The molecule has 2 rings (SSSR count).